The average molecular weight is 231 g/mol. The van der Waals surface area contributed by atoms with Crippen LogP contribution in [0.15, 0.2) is 18.2 Å². The Morgan fingerprint density at radius 3 is 2.94 bits per heavy atom. The molecule has 0 fully saturated rings. The van der Waals surface area contributed by atoms with Crippen LogP contribution in [0.4, 0.5) is 8.78 Å². The first-order chi connectivity index (χ1) is 7.58. The molecule has 0 amide bonds. The lowest BCUT2D eigenvalue weighted by Gasteiger charge is -2.27. The lowest BCUT2D eigenvalue weighted by Crippen LogP contribution is -2.35. The first kappa shape index (κ1) is 11.1. The number of fused-ring (bicyclic) bond motifs is 1. The molecule has 2 atom stereocenters. The fourth-order valence-electron chi connectivity index (χ4n) is 1.58. The summed E-state index contributed by atoms with van der Waals surface area (Å²) < 4.78 is 33.3. The first-order valence-electron chi connectivity index (χ1n) is 4.73. The number of hydrogen-bond donors (Lipinski definition) is 2. The van der Waals surface area contributed by atoms with E-state index in [1.807, 2.05) is 0 Å². The summed E-state index contributed by atoms with van der Waals surface area (Å²) in [6, 6.07) is 3.66. The van der Waals surface area contributed by atoms with Gasteiger partial charge in [-0.25, -0.2) is 0 Å². The van der Waals surface area contributed by atoms with Gasteiger partial charge in [-0.05, 0) is 12.1 Å². The maximum absolute atomic E-state index is 12.0. The van der Waals surface area contributed by atoms with Crippen LogP contribution in [-0.4, -0.2) is 24.4 Å². The monoisotopic (exact) mass is 231 g/mol. The zero-order valence-corrected chi connectivity index (χ0v) is 8.27. The third kappa shape index (κ3) is 2.07. The lowest BCUT2D eigenvalue weighted by atomic mass is 9.99. The van der Waals surface area contributed by atoms with Crippen molar-refractivity contribution >= 4 is 0 Å². The van der Waals surface area contributed by atoms with Crippen LogP contribution in [-0.2, 0) is 0 Å². The van der Waals surface area contributed by atoms with E-state index in [9.17, 15) is 13.9 Å². The van der Waals surface area contributed by atoms with Crippen molar-refractivity contribution in [3.8, 4) is 11.5 Å². The minimum atomic E-state index is -2.87. The van der Waals surface area contributed by atoms with Crippen molar-refractivity contribution < 1.29 is 23.4 Å². The number of ether oxygens (including phenoxy) is 2. The fraction of sp³-hybridized carbons (Fsp3) is 0.400. The topological polar surface area (TPSA) is 64.7 Å². The molecule has 16 heavy (non-hydrogen) atoms. The predicted molar refractivity (Wildman–Crippen MR) is 51.5 cm³/mol. The second kappa shape index (κ2) is 4.23. The van der Waals surface area contributed by atoms with Crippen LogP contribution in [0, 0.1) is 0 Å². The molecule has 0 saturated heterocycles. The molecule has 88 valence electrons. The van der Waals surface area contributed by atoms with Crippen molar-refractivity contribution in [1.29, 1.82) is 0 Å². The van der Waals surface area contributed by atoms with E-state index in [1.54, 1.807) is 0 Å². The van der Waals surface area contributed by atoms with Crippen molar-refractivity contribution in [1.82, 2.24) is 0 Å². The highest BCUT2D eigenvalue weighted by molar-refractivity contribution is 5.44. The van der Waals surface area contributed by atoms with Crippen LogP contribution in [0.5, 0.6) is 11.5 Å². The van der Waals surface area contributed by atoms with Crippen LogP contribution in [0.25, 0.3) is 0 Å². The fourth-order valence-corrected chi connectivity index (χ4v) is 1.58. The molecular weight excluding hydrogens is 220 g/mol. The number of benzene rings is 1. The molecule has 0 unspecified atom stereocenters. The van der Waals surface area contributed by atoms with E-state index < -0.39 is 18.8 Å². The Hall–Kier alpha value is -1.40. The second-order valence-electron chi connectivity index (χ2n) is 3.48. The summed E-state index contributed by atoms with van der Waals surface area (Å²) in [5, 5.41) is 9.44. The molecule has 1 aliphatic heterocycles. The van der Waals surface area contributed by atoms with Gasteiger partial charge in [0.15, 0.2) is 0 Å². The molecule has 0 radical (unpaired) electrons. The van der Waals surface area contributed by atoms with Crippen molar-refractivity contribution in [2.24, 2.45) is 5.73 Å². The second-order valence-corrected chi connectivity index (χ2v) is 3.48. The molecular formula is C10H11F2NO3. The molecule has 0 aromatic heterocycles. The molecule has 1 aliphatic rings. The van der Waals surface area contributed by atoms with Gasteiger partial charge in [0.25, 0.3) is 0 Å². The van der Waals surface area contributed by atoms with Crippen molar-refractivity contribution in [2.75, 3.05) is 6.61 Å². The zero-order chi connectivity index (χ0) is 11.7. The molecule has 4 nitrogen and oxygen atoms in total. The quantitative estimate of drug-likeness (QED) is 0.798. The van der Waals surface area contributed by atoms with E-state index in [4.69, 9.17) is 10.5 Å². The first-order valence-corrected chi connectivity index (χ1v) is 4.73. The van der Waals surface area contributed by atoms with Gasteiger partial charge < -0.3 is 20.3 Å². The van der Waals surface area contributed by atoms with Gasteiger partial charge >= 0.3 is 6.61 Å². The largest absolute Gasteiger partial charge is 0.490 e. The SMILES string of the molecule is N[C@H]1c2ccc(OC(F)F)cc2OC[C@H]1O. The Kier molecular flexibility index (Phi) is 2.93. The number of halogens is 2. The van der Waals surface area contributed by atoms with Gasteiger partial charge in [0.1, 0.15) is 24.2 Å². The van der Waals surface area contributed by atoms with E-state index in [-0.39, 0.29) is 12.4 Å². The van der Waals surface area contributed by atoms with Crippen molar-refractivity contribution in [2.45, 2.75) is 18.8 Å². The Labute approximate surface area is 90.6 Å². The molecule has 0 spiro atoms. The van der Waals surface area contributed by atoms with Gasteiger partial charge in [-0.3, -0.25) is 0 Å². The van der Waals surface area contributed by atoms with Gasteiger partial charge in [-0.15, -0.1) is 0 Å². The third-order valence-electron chi connectivity index (χ3n) is 2.39. The molecule has 3 N–H and O–H groups in total. The molecule has 1 heterocycles. The van der Waals surface area contributed by atoms with E-state index in [2.05, 4.69) is 4.74 Å². The number of nitrogens with two attached hydrogens (primary N) is 1. The summed E-state index contributed by atoms with van der Waals surface area (Å²) >= 11 is 0. The highest BCUT2D eigenvalue weighted by Crippen LogP contribution is 2.34. The molecule has 2 rings (SSSR count). The molecule has 1 aromatic rings. The summed E-state index contributed by atoms with van der Waals surface area (Å²) in [7, 11) is 0. The maximum atomic E-state index is 12.0. The van der Waals surface area contributed by atoms with Crippen LogP contribution >= 0.6 is 0 Å². The standard InChI is InChI=1S/C10H11F2NO3/c11-10(12)16-5-1-2-6-8(3-5)15-4-7(14)9(6)13/h1-3,7,9-10,14H,4,13H2/t7-,9+/m1/s1. The van der Waals surface area contributed by atoms with Crippen LogP contribution in [0.2, 0.25) is 0 Å². The highest BCUT2D eigenvalue weighted by atomic mass is 19.3. The molecule has 1 aromatic carbocycles. The Morgan fingerprint density at radius 1 is 1.50 bits per heavy atom. The maximum Gasteiger partial charge on any atom is 0.387 e. The number of alkyl halides is 2. The normalized spacial score (nSPS) is 23.8. The van der Waals surface area contributed by atoms with Crippen LogP contribution in [0.1, 0.15) is 11.6 Å². The number of hydrogen-bond acceptors (Lipinski definition) is 4. The Bertz CT molecular complexity index is 386. The minimum Gasteiger partial charge on any atom is -0.490 e. The van der Waals surface area contributed by atoms with Gasteiger partial charge in [-0.1, -0.05) is 0 Å². The molecule has 0 aliphatic carbocycles. The minimum absolute atomic E-state index is 0.0114. The van der Waals surface area contributed by atoms with Crippen LogP contribution in [0.3, 0.4) is 0 Å². The summed E-state index contributed by atoms with van der Waals surface area (Å²) in [6.07, 6.45) is -0.783. The molecule has 0 saturated carbocycles. The highest BCUT2D eigenvalue weighted by Gasteiger charge is 2.26. The summed E-state index contributed by atoms with van der Waals surface area (Å²) in [5.41, 5.74) is 6.31. The number of aliphatic hydroxyl groups is 1. The van der Waals surface area contributed by atoms with Gasteiger partial charge in [0.05, 0.1) is 6.04 Å². The van der Waals surface area contributed by atoms with E-state index in [0.29, 0.717) is 11.3 Å². The summed E-state index contributed by atoms with van der Waals surface area (Å²) in [5.74, 6) is 0.383. The van der Waals surface area contributed by atoms with E-state index >= 15 is 0 Å². The van der Waals surface area contributed by atoms with E-state index in [1.165, 1.54) is 18.2 Å². The van der Waals surface area contributed by atoms with Gasteiger partial charge in [0, 0.05) is 11.6 Å². The van der Waals surface area contributed by atoms with Gasteiger partial charge in [-0.2, -0.15) is 8.78 Å². The zero-order valence-electron chi connectivity index (χ0n) is 8.27. The number of rotatable bonds is 2. The summed E-state index contributed by atoms with van der Waals surface area (Å²) in [4.78, 5) is 0. The van der Waals surface area contributed by atoms with Crippen LogP contribution < -0.4 is 15.2 Å². The van der Waals surface area contributed by atoms with Gasteiger partial charge in [0.2, 0.25) is 0 Å². The molecule has 0 bridgehead atoms. The predicted octanol–water partition coefficient (Wildman–Crippen LogP) is 1.04. The third-order valence-corrected chi connectivity index (χ3v) is 2.39. The van der Waals surface area contributed by atoms with E-state index in [0.717, 1.165) is 0 Å². The molecule has 6 heteroatoms. The van der Waals surface area contributed by atoms with Crippen molar-refractivity contribution in [3.63, 3.8) is 0 Å². The Balaban J connectivity index is 2.26. The Morgan fingerprint density at radius 2 is 2.25 bits per heavy atom. The smallest absolute Gasteiger partial charge is 0.387 e. The summed E-state index contributed by atoms with van der Waals surface area (Å²) in [6.45, 7) is -2.83. The number of aliphatic hydroxyl groups excluding tert-OH is 1. The lowest BCUT2D eigenvalue weighted by molar-refractivity contribution is -0.0501. The average Bonchev–Trinajstić information content (AvgIpc) is 2.23. The van der Waals surface area contributed by atoms with Crippen molar-refractivity contribution in [3.05, 3.63) is 23.8 Å².